The molecule has 4 aliphatic heterocycles. The van der Waals surface area contributed by atoms with Gasteiger partial charge in [0.05, 0.1) is 0 Å². The third kappa shape index (κ3) is 6.69. The highest BCUT2D eigenvalue weighted by Crippen LogP contribution is 2.45. The maximum Gasteiger partial charge on any atom is 0.138 e. The monoisotopic (exact) mass is 480 g/mol. The van der Waals surface area contributed by atoms with E-state index in [1.807, 2.05) is 0 Å². The Labute approximate surface area is 215 Å². The lowest BCUT2D eigenvalue weighted by Gasteiger charge is -2.53. The standard InChI is InChI=1S/C32H52N2O/c35-31-19-22-34-21-18-28-27-23-26-15-11-7-6-9-13-17-30(31)32(34)29(28)16-12-8-4-2-1-3-5-10-14-20-33(24-26)25-27/h1,3,23,27-30,32H,2,4-22,24-25H2/b3-1-/t27?,28-,29-,30-,32+/m1/s1. The van der Waals surface area contributed by atoms with Crippen molar-refractivity contribution in [1.82, 2.24) is 9.80 Å². The molecule has 35 heavy (non-hydrogen) atoms. The number of allylic oxidation sites excluding steroid dienone is 2. The van der Waals surface area contributed by atoms with Crippen LogP contribution in [0.15, 0.2) is 23.8 Å². The molecule has 4 heterocycles. The predicted octanol–water partition coefficient (Wildman–Crippen LogP) is 7.18. The minimum Gasteiger partial charge on any atom is -0.299 e. The highest BCUT2D eigenvalue weighted by molar-refractivity contribution is 5.82. The van der Waals surface area contributed by atoms with Crippen molar-refractivity contribution in [1.29, 1.82) is 0 Å². The zero-order chi connectivity index (χ0) is 23.9. The molecule has 5 aliphatic rings. The summed E-state index contributed by atoms with van der Waals surface area (Å²) in [6, 6.07) is 0.531. The second kappa shape index (κ2) is 13.0. The van der Waals surface area contributed by atoms with Crippen LogP contribution >= 0.6 is 0 Å². The van der Waals surface area contributed by atoms with E-state index in [0.717, 1.165) is 25.3 Å². The Kier molecular flexibility index (Phi) is 9.58. The summed E-state index contributed by atoms with van der Waals surface area (Å²) < 4.78 is 0. The van der Waals surface area contributed by atoms with E-state index in [4.69, 9.17) is 0 Å². The van der Waals surface area contributed by atoms with Gasteiger partial charge in [0.15, 0.2) is 0 Å². The maximum atomic E-state index is 13.3. The van der Waals surface area contributed by atoms with Crippen LogP contribution in [0.2, 0.25) is 0 Å². The molecule has 5 rings (SSSR count). The van der Waals surface area contributed by atoms with Crippen LogP contribution in [0.4, 0.5) is 0 Å². The Hall–Kier alpha value is -0.930. The molecule has 6 bridgehead atoms. The van der Waals surface area contributed by atoms with Gasteiger partial charge >= 0.3 is 0 Å². The number of ketones is 1. The number of nitrogens with zero attached hydrogens (tertiary/aromatic N) is 2. The van der Waals surface area contributed by atoms with Gasteiger partial charge in [0.2, 0.25) is 0 Å². The minimum atomic E-state index is 0.316. The van der Waals surface area contributed by atoms with Crippen LogP contribution in [-0.2, 0) is 4.79 Å². The number of Topliss-reactive ketones (excluding diaryl/α,β-unsaturated/α-hetero) is 1. The van der Waals surface area contributed by atoms with Gasteiger partial charge in [-0.25, -0.2) is 0 Å². The summed E-state index contributed by atoms with van der Waals surface area (Å²) in [7, 11) is 0. The molecular weight excluding hydrogens is 428 g/mol. The SMILES string of the molecule is O=C1CCN2CC[C@@H]3C4C=C5CCCCCCC[C@H]1[C@@H]2[C@@H]3CCCCC/C=C\CCCCN(C5)C4. The first-order valence-corrected chi connectivity index (χ1v) is 15.6. The van der Waals surface area contributed by atoms with Gasteiger partial charge in [-0.2, -0.15) is 0 Å². The van der Waals surface area contributed by atoms with Crippen molar-refractivity contribution < 1.29 is 4.79 Å². The summed E-state index contributed by atoms with van der Waals surface area (Å²) in [5.74, 6) is 3.12. The minimum absolute atomic E-state index is 0.316. The molecule has 3 nitrogen and oxygen atoms in total. The molecule has 0 amide bonds. The molecule has 0 aromatic carbocycles. The van der Waals surface area contributed by atoms with E-state index in [-0.39, 0.29) is 0 Å². The van der Waals surface area contributed by atoms with Gasteiger partial charge in [0.25, 0.3) is 0 Å². The second-order valence-corrected chi connectivity index (χ2v) is 12.6. The highest BCUT2D eigenvalue weighted by Gasteiger charge is 2.48. The van der Waals surface area contributed by atoms with Crippen molar-refractivity contribution in [2.45, 2.75) is 115 Å². The first kappa shape index (κ1) is 25.7. The molecule has 0 radical (unpaired) electrons. The highest BCUT2D eigenvalue weighted by atomic mass is 16.1. The molecule has 0 saturated carbocycles. The first-order chi connectivity index (χ1) is 17.3. The zero-order valence-electron chi connectivity index (χ0n) is 22.5. The van der Waals surface area contributed by atoms with Crippen molar-refractivity contribution in [2.24, 2.45) is 23.7 Å². The summed E-state index contributed by atoms with van der Waals surface area (Å²) >= 11 is 0. The van der Waals surface area contributed by atoms with Gasteiger partial charge in [-0.05, 0) is 95.1 Å². The molecule has 2 unspecified atom stereocenters. The quantitative estimate of drug-likeness (QED) is 0.343. The zero-order valence-corrected chi connectivity index (χ0v) is 22.5. The van der Waals surface area contributed by atoms with Crippen LogP contribution in [0.5, 0.6) is 0 Å². The van der Waals surface area contributed by atoms with Crippen LogP contribution in [0, 0.1) is 23.7 Å². The summed E-state index contributed by atoms with van der Waals surface area (Å²) in [5, 5.41) is 0. The number of piperidine rings is 2. The Balaban J connectivity index is 1.45. The normalized spacial score (nSPS) is 39.5. The fraction of sp³-hybridized carbons (Fsp3) is 0.844. The van der Waals surface area contributed by atoms with E-state index in [2.05, 4.69) is 28.0 Å². The van der Waals surface area contributed by atoms with Gasteiger partial charge in [0, 0.05) is 38.0 Å². The number of hydrogen-bond donors (Lipinski definition) is 0. The molecule has 1 aliphatic carbocycles. The van der Waals surface area contributed by atoms with Crippen LogP contribution in [0.25, 0.3) is 0 Å². The number of carbonyl (C=O) groups is 1. The van der Waals surface area contributed by atoms with E-state index < -0.39 is 0 Å². The smallest absolute Gasteiger partial charge is 0.138 e. The van der Waals surface area contributed by atoms with Crippen molar-refractivity contribution in [2.75, 3.05) is 32.7 Å². The average molecular weight is 481 g/mol. The summed E-state index contributed by atoms with van der Waals surface area (Å²) in [5.41, 5.74) is 1.75. The summed E-state index contributed by atoms with van der Waals surface area (Å²) in [4.78, 5) is 19.0. The summed E-state index contributed by atoms with van der Waals surface area (Å²) in [6.45, 7) is 6.04. The number of rotatable bonds is 0. The molecule has 3 heteroatoms. The topological polar surface area (TPSA) is 23.6 Å². The van der Waals surface area contributed by atoms with Gasteiger partial charge in [0.1, 0.15) is 5.78 Å². The van der Waals surface area contributed by atoms with E-state index in [0.29, 0.717) is 29.6 Å². The molecule has 6 atom stereocenters. The fourth-order valence-corrected chi connectivity index (χ4v) is 8.44. The molecule has 0 aromatic rings. The van der Waals surface area contributed by atoms with Gasteiger partial charge < -0.3 is 0 Å². The third-order valence-electron chi connectivity index (χ3n) is 10.2. The Morgan fingerprint density at radius 3 is 2.37 bits per heavy atom. The fourth-order valence-electron chi connectivity index (χ4n) is 8.44. The molecule has 2 fully saturated rings. The molecule has 0 aromatic heterocycles. The van der Waals surface area contributed by atoms with Gasteiger partial charge in [-0.1, -0.05) is 62.3 Å². The van der Waals surface area contributed by atoms with Crippen LogP contribution in [0.3, 0.4) is 0 Å². The maximum absolute atomic E-state index is 13.3. The van der Waals surface area contributed by atoms with Gasteiger partial charge in [-0.3, -0.25) is 14.6 Å². The van der Waals surface area contributed by atoms with Crippen molar-refractivity contribution >= 4 is 5.78 Å². The Bertz CT molecular complexity index is 742. The Morgan fingerprint density at radius 2 is 1.46 bits per heavy atom. The molecule has 0 N–H and O–H groups in total. The van der Waals surface area contributed by atoms with Crippen LogP contribution in [-0.4, -0.2) is 54.3 Å². The van der Waals surface area contributed by atoms with Crippen LogP contribution < -0.4 is 0 Å². The molecule has 2 saturated heterocycles. The van der Waals surface area contributed by atoms with Crippen molar-refractivity contribution in [3.05, 3.63) is 23.8 Å². The molecule has 0 spiro atoms. The van der Waals surface area contributed by atoms with E-state index in [9.17, 15) is 4.79 Å². The number of carbonyl (C=O) groups excluding carboxylic acids is 1. The van der Waals surface area contributed by atoms with Crippen molar-refractivity contribution in [3.8, 4) is 0 Å². The van der Waals surface area contributed by atoms with Crippen molar-refractivity contribution in [3.63, 3.8) is 0 Å². The number of fused-ring (bicyclic) bond motifs is 1. The lowest BCUT2D eigenvalue weighted by atomic mass is 9.64. The largest absolute Gasteiger partial charge is 0.299 e. The predicted molar refractivity (Wildman–Crippen MR) is 146 cm³/mol. The van der Waals surface area contributed by atoms with Gasteiger partial charge in [-0.15, -0.1) is 0 Å². The molecule has 196 valence electrons. The summed E-state index contributed by atoms with van der Waals surface area (Å²) in [6.07, 6.45) is 29.6. The Morgan fingerprint density at radius 1 is 0.686 bits per heavy atom. The average Bonchev–Trinajstić information content (AvgIpc) is 2.86. The lowest BCUT2D eigenvalue weighted by molar-refractivity contribution is -0.135. The van der Waals surface area contributed by atoms with E-state index in [1.54, 1.807) is 5.57 Å². The van der Waals surface area contributed by atoms with E-state index >= 15 is 0 Å². The molecular formula is C32H52N2O. The van der Waals surface area contributed by atoms with E-state index in [1.165, 1.54) is 122 Å². The van der Waals surface area contributed by atoms with Crippen LogP contribution in [0.1, 0.15) is 109 Å². The lowest BCUT2D eigenvalue weighted by Crippen LogP contribution is -2.59. The second-order valence-electron chi connectivity index (χ2n) is 12.6. The third-order valence-corrected chi connectivity index (χ3v) is 10.2. The number of hydrogen-bond acceptors (Lipinski definition) is 3. The first-order valence-electron chi connectivity index (χ1n) is 15.6.